The molecule has 0 spiro atoms. The molecular formula is C26H22FNO3. The van der Waals surface area contributed by atoms with Crippen molar-refractivity contribution >= 4 is 16.7 Å². The van der Waals surface area contributed by atoms with Crippen LogP contribution in [0.2, 0.25) is 0 Å². The monoisotopic (exact) mass is 415 g/mol. The van der Waals surface area contributed by atoms with Gasteiger partial charge in [0, 0.05) is 23.1 Å². The molecule has 2 heterocycles. The van der Waals surface area contributed by atoms with Crippen molar-refractivity contribution in [3.63, 3.8) is 0 Å². The van der Waals surface area contributed by atoms with Gasteiger partial charge >= 0.3 is 5.63 Å². The van der Waals surface area contributed by atoms with Gasteiger partial charge in [0.25, 0.3) is 0 Å². The highest BCUT2D eigenvalue weighted by Gasteiger charge is 2.24. The number of anilines is 1. The number of rotatable bonds is 3. The number of nitrogens with zero attached hydrogens (tertiary/aromatic N) is 1. The van der Waals surface area contributed by atoms with Crippen LogP contribution >= 0.6 is 0 Å². The molecule has 0 saturated carbocycles. The lowest BCUT2D eigenvalue weighted by Crippen LogP contribution is -2.32. The van der Waals surface area contributed by atoms with Crippen LogP contribution in [0, 0.1) is 19.7 Å². The van der Waals surface area contributed by atoms with Gasteiger partial charge in [-0.1, -0.05) is 36.4 Å². The van der Waals surface area contributed by atoms with Gasteiger partial charge in [-0.3, -0.25) is 0 Å². The van der Waals surface area contributed by atoms with E-state index in [-0.39, 0.29) is 11.4 Å². The van der Waals surface area contributed by atoms with E-state index in [2.05, 4.69) is 0 Å². The summed E-state index contributed by atoms with van der Waals surface area (Å²) in [6, 6.07) is 18.9. The fourth-order valence-corrected chi connectivity index (χ4v) is 4.11. The van der Waals surface area contributed by atoms with E-state index in [4.69, 9.17) is 9.15 Å². The van der Waals surface area contributed by atoms with Crippen molar-refractivity contribution < 1.29 is 13.5 Å². The molecule has 0 bridgehead atoms. The Labute approximate surface area is 179 Å². The molecule has 4 nitrogen and oxygen atoms in total. The second-order valence-corrected chi connectivity index (χ2v) is 7.98. The predicted molar refractivity (Wildman–Crippen MR) is 119 cm³/mol. The molecule has 1 aliphatic heterocycles. The quantitative estimate of drug-likeness (QED) is 0.415. The van der Waals surface area contributed by atoms with E-state index in [1.54, 1.807) is 13.0 Å². The van der Waals surface area contributed by atoms with Gasteiger partial charge < -0.3 is 14.1 Å². The third-order valence-corrected chi connectivity index (χ3v) is 5.98. The molecule has 0 fully saturated rings. The highest BCUT2D eigenvalue weighted by Crippen LogP contribution is 2.35. The van der Waals surface area contributed by atoms with Crippen molar-refractivity contribution in [3.05, 3.63) is 105 Å². The molecule has 5 rings (SSSR count). The van der Waals surface area contributed by atoms with Crippen molar-refractivity contribution in [2.24, 2.45) is 0 Å². The van der Waals surface area contributed by atoms with Crippen molar-refractivity contribution in [2.45, 2.75) is 26.8 Å². The number of ether oxygens (including phenoxy) is 1. The number of benzene rings is 3. The first-order valence-corrected chi connectivity index (χ1v) is 10.3. The Hall–Kier alpha value is -3.60. The Morgan fingerprint density at radius 1 is 1.03 bits per heavy atom. The summed E-state index contributed by atoms with van der Waals surface area (Å²) in [6.07, 6.45) is 0.521. The van der Waals surface area contributed by atoms with E-state index in [1.807, 2.05) is 60.4 Å². The predicted octanol–water partition coefficient (Wildman–Crippen LogP) is 5.50. The standard InChI is InChI=1S/C26H22FNO3/c1-16-8-9-19(13-23(16)27)28-14-22-24(30-15-28)11-10-20-17(2)21(26(29)31-25(20)22)12-18-6-4-3-5-7-18/h3-11,13H,12,14-15H2,1-2H3. The van der Waals surface area contributed by atoms with Gasteiger partial charge in [-0.05, 0) is 54.8 Å². The molecule has 0 amide bonds. The molecule has 3 aromatic carbocycles. The highest BCUT2D eigenvalue weighted by molar-refractivity contribution is 5.86. The number of aryl methyl sites for hydroxylation is 2. The summed E-state index contributed by atoms with van der Waals surface area (Å²) in [7, 11) is 0. The zero-order valence-corrected chi connectivity index (χ0v) is 17.4. The van der Waals surface area contributed by atoms with Crippen molar-refractivity contribution in [1.29, 1.82) is 0 Å². The van der Waals surface area contributed by atoms with Gasteiger partial charge in [0.15, 0.2) is 6.73 Å². The van der Waals surface area contributed by atoms with Crippen molar-refractivity contribution in [2.75, 3.05) is 11.6 Å². The van der Waals surface area contributed by atoms with E-state index in [0.717, 1.165) is 27.8 Å². The summed E-state index contributed by atoms with van der Waals surface area (Å²) >= 11 is 0. The van der Waals surface area contributed by atoms with E-state index in [9.17, 15) is 9.18 Å². The average molecular weight is 415 g/mol. The Bertz CT molecular complexity index is 1340. The third kappa shape index (κ3) is 3.46. The second kappa shape index (κ2) is 7.58. The zero-order valence-electron chi connectivity index (χ0n) is 17.4. The fraction of sp³-hybridized carbons (Fsp3) is 0.192. The van der Waals surface area contributed by atoms with Crippen LogP contribution in [-0.2, 0) is 13.0 Å². The molecule has 0 saturated heterocycles. The van der Waals surface area contributed by atoms with Crippen LogP contribution in [-0.4, -0.2) is 6.73 Å². The Morgan fingerprint density at radius 2 is 1.84 bits per heavy atom. The largest absolute Gasteiger partial charge is 0.473 e. The molecule has 4 aromatic rings. The number of hydrogen-bond acceptors (Lipinski definition) is 4. The topological polar surface area (TPSA) is 42.7 Å². The number of hydrogen-bond donors (Lipinski definition) is 0. The summed E-state index contributed by atoms with van der Waals surface area (Å²) in [4.78, 5) is 14.8. The molecule has 31 heavy (non-hydrogen) atoms. The van der Waals surface area contributed by atoms with Gasteiger partial charge in [0.05, 0.1) is 12.1 Å². The summed E-state index contributed by atoms with van der Waals surface area (Å²) < 4.78 is 25.8. The molecule has 0 atom stereocenters. The van der Waals surface area contributed by atoms with Gasteiger partial charge in [0.2, 0.25) is 0 Å². The lowest BCUT2D eigenvalue weighted by Gasteiger charge is -2.31. The third-order valence-electron chi connectivity index (χ3n) is 5.98. The molecule has 5 heteroatoms. The van der Waals surface area contributed by atoms with Crippen LogP contribution in [0.1, 0.15) is 27.8 Å². The normalized spacial score (nSPS) is 13.2. The minimum atomic E-state index is -0.333. The maximum atomic E-state index is 14.1. The SMILES string of the molecule is Cc1ccc(N2COc3ccc4c(C)c(Cc5ccccc5)c(=O)oc4c3C2)cc1F. The lowest BCUT2D eigenvalue weighted by atomic mass is 9.97. The molecular weight excluding hydrogens is 393 g/mol. The van der Waals surface area contributed by atoms with Gasteiger partial charge in [-0.2, -0.15) is 0 Å². The Morgan fingerprint density at radius 3 is 2.61 bits per heavy atom. The minimum Gasteiger partial charge on any atom is -0.473 e. The summed E-state index contributed by atoms with van der Waals surface area (Å²) in [5.74, 6) is 0.434. The fourth-order valence-electron chi connectivity index (χ4n) is 4.11. The van der Waals surface area contributed by atoms with Gasteiger partial charge in [0.1, 0.15) is 17.1 Å². The molecule has 156 valence electrons. The minimum absolute atomic E-state index is 0.255. The maximum absolute atomic E-state index is 14.1. The second-order valence-electron chi connectivity index (χ2n) is 7.98. The number of halogens is 1. The van der Waals surface area contributed by atoms with E-state index in [0.29, 0.717) is 42.2 Å². The Balaban J connectivity index is 1.57. The van der Waals surface area contributed by atoms with Gasteiger partial charge in [-0.25, -0.2) is 9.18 Å². The first kappa shape index (κ1) is 19.4. The van der Waals surface area contributed by atoms with Crippen molar-refractivity contribution in [1.82, 2.24) is 0 Å². The van der Waals surface area contributed by atoms with E-state index < -0.39 is 0 Å². The van der Waals surface area contributed by atoms with Crippen LogP contribution < -0.4 is 15.3 Å². The van der Waals surface area contributed by atoms with Crippen LogP contribution in [0.4, 0.5) is 10.1 Å². The van der Waals surface area contributed by atoms with Crippen LogP contribution in [0.3, 0.4) is 0 Å². The van der Waals surface area contributed by atoms with E-state index in [1.165, 1.54) is 6.07 Å². The lowest BCUT2D eigenvalue weighted by molar-refractivity contribution is 0.289. The van der Waals surface area contributed by atoms with Gasteiger partial charge in [-0.15, -0.1) is 0 Å². The summed E-state index contributed by atoms with van der Waals surface area (Å²) in [6.45, 7) is 4.46. The first-order valence-electron chi connectivity index (χ1n) is 10.3. The average Bonchev–Trinajstić information content (AvgIpc) is 2.79. The molecule has 1 aliphatic rings. The van der Waals surface area contributed by atoms with Crippen molar-refractivity contribution in [3.8, 4) is 5.75 Å². The molecule has 0 N–H and O–H groups in total. The Kier molecular flexibility index (Phi) is 4.74. The molecule has 0 radical (unpaired) electrons. The van der Waals surface area contributed by atoms with E-state index >= 15 is 0 Å². The van der Waals surface area contributed by atoms with Crippen LogP contribution in [0.25, 0.3) is 11.0 Å². The summed E-state index contributed by atoms with van der Waals surface area (Å²) in [5.41, 5.74) is 4.96. The molecule has 1 aromatic heterocycles. The number of fused-ring (bicyclic) bond motifs is 3. The molecule has 0 aliphatic carbocycles. The smallest absolute Gasteiger partial charge is 0.340 e. The first-order chi connectivity index (χ1) is 15.0. The zero-order chi connectivity index (χ0) is 21.5. The van der Waals surface area contributed by atoms with Crippen LogP contribution in [0.5, 0.6) is 5.75 Å². The van der Waals surface area contributed by atoms with Crippen LogP contribution in [0.15, 0.2) is 69.9 Å². The maximum Gasteiger partial charge on any atom is 0.340 e. The molecule has 0 unspecified atom stereocenters. The summed E-state index contributed by atoms with van der Waals surface area (Å²) in [5, 5.41) is 0.893. The highest BCUT2D eigenvalue weighted by atomic mass is 19.1.